The van der Waals surface area contributed by atoms with Crippen LogP contribution in [0, 0.1) is 11.8 Å². The summed E-state index contributed by atoms with van der Waals surface area (Å²) >= 11 is 0. The zero-order valence-corrected chi connectivity index (χ0v) is 17.2. The normalized spacial score (nSPS) is 23.5. The summed E-state index contributed by atoms with van der Waals surface area (Å²) in [4.78, 5) is 26.0. The number of carbonyl (C=O) groups is 2. The first kappa shape index (κ1) is 20.6. The van der Waals surface area contributed by atoms with Crippen molar-refractivity contribution in [3.63, 3.8) is 0 Å². The van der Waals surface area contributed by atoms with E-state index in [9.17, 15) is 18.0 Å². The van der Waals surface area contributed by atoms with Crippen molar-refractivity contribution in [2.75, 3.05) is 33.1 Å². The van der Waals surface area contributed by atoms with Crippen molar-refractivity contribution in [2.24, 2.45) is 11.8 Å². The highest BCUT2D eigenvalue weighted by molar-refractivity contribution is 7.89. The molecule has 0 aromatic heterocycles. The quantitative estimate of drug-likeness (QED) is 0.661. The molecule has 0 radical (unpaired) electrons. The van der Waals surface area contributed by atoms with E-state index in [1.165, 1.54) is 26.0 Å². The Kier molecular flexibility index (Phi) is 5.95. The van der Waals surface area contributed by atoms with Crippen LogP contribution >= 0.6 is 0 Å². The van der Waals surface area contributed by atoms with Crippen LogP contribution in [-0.4, -0.2) is 59.0 Å². The number of carbonyl (C=O) groups excluding carboxylic acids is 2. The van der Waals surface area contributed by atoms with Crippen LogP contribution in [0.5, 0.6) is 0 Å². The monoisotopic (exact) mass is 409 g/mol. The van der Waals surface area contributed by atoms with Gasteiger partial charge in [-0.25, -0.2) is 8.42 Å². The summed E-state index contributed by atoms with van der Waals surface area (Å²) in [6, 6.07) is 4.76. The Hall–Kier alpha value is -2.13. The van der Waals surface area contributed by atoms with Gasteiger partial charge in [0, 0.05) is 25.7 Å². The lowest BCUT2D eigenvalue weighted by Gasteiger charge is -2.31. The Balaban J connectivity index is 1.83. The van der Waals surface area contributed by atoms with Crippen LogP contribution in [0.3, 0.4) is 0 Å². The lowest BCUT2D eigenvalue weighted by atomic mass is 9.94. The van der Waals surface area contributed by atoms with Gasteiger partial charge in [0.15, 0.2) is 0 Å². The van der Waals surface area contributed by atoms with Crippen LogP contribution in [-0.2, 0) is 19.6 Å². The van der Waals surface area contributed by atoms with E-state index in [0.717, 1.165) is 12.8 Å². The van der Waals surface area contributed by atoms with Crippen molar-refractivity contribution in [3.8, 4) is 0 Å². The number of anilines is 1. The van der Waals surface area contributed by atoms with Crippen molar-refractivity contribution in [2.45, 2.75) is 36.6 Å². The van der Waals surface area contributed by atoms with E-state index < -0.39 is 22.5 Å². The number of amides is 1. The molecule has 9 heteroatoms. The van der Waals surface area contributed by atoms with Crippen molar-refractivity contribution in [3.05, 3.63) is 23.8 Å². The first-order valence-electron chi connectivity index (χ1n) is 9.42. The third-order valence-corrected chi connectivity index (χ3v) is 7.38. The van der Waals surface area contributed by atoms with Gasteiger partial charge >= 0.3 is 5.97 Å². The van der Waals surface area contributed by atoms with Gasteiger partial charge in [0.25, 0.3) is 5.91 Å². The minimum absolute atomic E-state index is 0.0777. The molecular formula is C19H27N3O5S. The standard InChI is InChI=1S/C19H27N3O5S/c1-20-15-7-6-14(10-17(15)28(25,26)21-11-18(23)27-3)19(24)22(2)16-9-12-4-5-13(16)8-12/h6-7,10,12-13,16,20-21H,4-5,8-9,11H2,1-3H3. The SMILES string of the molecule is CNc1ccc(C(=O)N(C)C2CC3CCC2C3)cc1S(=O)(=O)NCC(=O)OC. The van der Waals surface area contributed by atoms with Crippen molar-refractivity contribution < 1.29 is 22.7 Å². The number of benzene rings is 1. The van der Waals surface area contributed by atoms with E-state index in [1.54, 1.807) is 31.1 Å². The highest BCUT2D eigenvalue weighted by Gasteiger charge is 2.42. The molecule has 3 atom stereocenters. The van der Waals surface area contributed by atoms with Gasteiger partial charge in [-0.15, -0.1) is 0 Å². The van der Waals surface area contributed by atoms with E-state index in [1.807, 2.05) is 0 Å². The first-order valence-corrected chi connectivity index (χ1v) is 10.9. The van der Waals surface area contributed by atoms with E-state index in [4.69, 9.17) is 0 Å². The molecule has 3 unspecified atom stereocenters. The van der Waals surface area contributed by atoms with Gasteiger partial charge in [-0.05, 0) is 49.3 Å². The molecule has 0 spiro atoms. The Bertz CT molecular complexity index is 870. The third-order valence-electron chi connectivity index (χ3n) is 5.94. The summed E-state index contributed by atoms with van der Waals surface area (Å²) in [5, 5.41) is 2.82. The van der Waals surface area contributed by atoms with Crippen LogP contribution in [0.1, 0.15) is 36.0 Å². The molecule has 2 aliphatic rings. The first-order chi connectivity index (χ1) is 13.3. The number of ether oxygens (including phenoxy) is 1. The average molecular weight is 410 g/mol. The summed E-state index contributed by atoms with van der Waals surface area (Å²) in [6.07, 6.45) is 4.60. The number of esters is 1. The molecule has 28 heavy (non-hydrogen) atoms. The Morgan fingerprint density at radius 3 is 2.57 bits per heavy atom. The van der Waals surface area contributed by atoms with Gasteiger partial charge in [-0.2, -0.15) is 4.72 Å². The maximum absolute atomic E-state index is 13.0. The molecular weight excluding hydrogens is 382 g/mol. The second-order valence-corrected chi connectivity index (χ2v) is 9.26. The van der Waals surface area contributed by atoms with E-state index >= 15 is 0 Å². The van der Waals surface area contributed by atoms with Crippen molar-refractivity contribution in [1.29, 1.82) is 0 Å². The smallest absolute Gasteiger partial charge is 0.320 e. The van der Waals surface area contributed by atoms with Crippen LogP contribution in [0.25, 0.3) is 0 Å². The molecule has 2 N–H and O–H groups in total. The van der Waals surface area contributed by atoms with Crippen molar-refractivity contribution >= 4 is 27.6 Å². The lowest BCUT2D eigenvalue weighted by molar-refractivity contribution is -0.139. The number of rotatable bonds is 7. The summed E-state index contributed by atoms with van der Waals surface area (Å²) in [7, 11) is 0.569. The maximum Gasteiger partial charge on any atom is 0.320 e. The summed E-state index contributed by atoms with van der Waals surface area (Å²) in [5.41, 5.74) is 0.652. The largest absolute Gasteiger partial charge is 0.468 e. The fourth-order valence-electron chi connectivity index (χ4n) is 4.43. The molecule has 1 amide bonds. The molecule has 154 valence electrons. The molecule has 3 rings (SSSR count). The molecule has 8 nitrogen and oxygen atoms in total. The van der Waals surface area contributed by atoms with Crippen molar-refractivity contribution in [1.82, 2.24) is 9.62 Å². The average Bonchev–Trinajstić information content (AvgIpc) is 3.34. The highest BCUT2D eigenvalue weighted by atomic mass is 32.2. The zero-order chi connectivity index (χ0) is 20.5. The van der Waals surface area contributed by atoms with E-state index in [-0.39, 0.29) is 16.8 Å². The van der Waals surface area contributed by atoms with Gasteiger partial charge < -0.3 is 15.0 Å². The number of sulfonamides is 1. The van der Waals surface area contributed by atoms with Gasteiger partial charge in [0.1, 0.15) is 11.4 Å². The van der Waals surface area contributed by atoms with Crippen LogP contribution in [0.15, 0.2) is 23.1 Å². The Labute approximate surface area is 165 Å². The fourth-order valence-corrected chi connectivity index (χ4v) is 5.63. The second-order valence-electron chi connectivity index (χ2n) is 7.52. The third kappa shape index (κ3) is 4.00. The fraction of sp³-hybridized carbons (Fsp3) is 0.579. The molecule has 0 saturated heterocycles. The highest BCUT2D eigenvalue weighted by Crippen LogP contribution is 2.46. The van der Waals surface area contributed by atoms with E-state index in [0.29, 0.717) is 23.1 Å². The summed E-state index contributed by atoms with van der Waals surface area (Å²) in [6.45, 7) is -0.481. The molecule has 2 bridgehead atoms. The zero-order valence-electron chi connectivity index (χ0n) is 16.4. The molecule has 1 aromatic carbocycles. The van der Waals surface area contributed by atoms with Gasteiger partial charge in [0.05, 0.1) is 12.8 Å². The molecule has 1 aromatic rings. The van der Waals surface area contributed by atoms with Gasteiger partial charge in [0.2, 0.25) is 10.0 Å². The molecule has 2 aliphatic carbocycles. The molecule has 0 aliphatic heterocycles. The molecule has 2 saturated carbocycles. The predicted molar refractivity (Wildman–Crippen MR) is 105 cm³/mol. The van der Waals surface area contributed by atoms with Gasteiger partial charge in [-0.1, -0.05) is 6.42 Å². The Morgan fingerprint density at radius 1 is 1.25 bits per heavy atom. The number of nitrogens with zero attached hydrogens (tertiary/aromatic N) is 1. The number of methoxy groups -OCH3 is 1. The minimum Gasteiger partial charge on any atom is -0.468 e. The molecule has 2 fully saturated rings. The predicted octanol–water partition coefficient (Wildman–Crippen LogP) is 1.44. The summed E-state index contributed by atoms with van der Waals surface area (Å²) in [5.74, 6) is 0.360. The lowest BCUT2D eigenvalue weighted by Crippen LogP contribution is -2.40. The number of fused-ring (bicyclic) bond motifs is 2. The summed E-state index contributed by atoms with van der Waals surface area (Å²) < 4.78 is 32.0. The van der Waals surface area contributed by atoms with Crippen LogP contribution in [0.2, 0.25) is 0 Å². The number of nitrogens with one attached hydrogen (secondary N) is 2. The number of hydrogen-bond donors (Lipinski definition) is 2. The minimum atomic E-state index is -4.00. The van der Waals surface area contributed by atoms with E-state index in [2.05, 4.69) is 14.8 Å². The Morgan fingerprint density at radius 2 is 2.00 bits per heavy atom. The van der Waals surface area contributed by atoms with Gasteiger partial charge in [-0.3, -0.25) is 9.59 Å². The maximum atomic E-state index is 13.0. The van der Waals surface area contributed by atoms with Crippen LogP contribution < -0.4 is 10.0 Å². The number of hydrogen-bond acceptors (Lipinski definition) is 6. The topological polar surface area (TPSA) is 105 Å². The second kappa shape index (κ2) is 8.08. The molecule has 0 heterocycles. The van der Waals surface area contributed by atoms with Crippen LogP contribution in [0.4, 0.5) is 5.69 Å².